The van der Waals surface area contributed by atoms with Crippen LogP contribution in [0.3, 0.4) is 0 Å². The number of nitrogens with zero attached hydrogens (tertiary/aromatic N) is 1. The average Bonchev–Trinajstić information content (AvgIpc) is 2.57. The van der Waals surface area contributed by atoms with Crippen LogP contribution < -0.4 is 11.1 Å². The summed E-state index contributed by atoms with van der Waals surface area (Å²) in [5.41, 5.74) is 5.41. The second-order valence-corrected chi connectivity index (χ2v) is 4.48. The van der Waals surface area contributed by atoms with Gasteiger partial charge >= 0.3 is 6.03 Å². The SMILES string of the molecule is NCCCCCNC(=O)N1CCCCCC1. The predicted molar refractivity (Wildman–Crippen MR) is 66.3 cm³/mol. The molecule has 0 aromatic carbocycles. The van der Waals surface area contributed by atoms with E-state index in [9.17, 15) is 4.79 Å². The number of carbonyl (C=O) groups excluding carboxylic acids is 1. The summed E-state index contributed by atoms with van der Waals surface area (Å²) in [6.07, 6.45) is 8.04. The van der Waals surface area contributed by atoms with E-state index in [1.807, 2.05) is 4.90 Å². The Labute approximate surface area is 98.6 Å². The van der Waals surface area contributed by atoms with Crippen LogP contribution in [0.25, 0.3) is 0 Å². The van der Waals surface area contributed by atoms with Crippen molar-refractivity contribution in [3.63, 3.8) is 0 Å². The molecule has 0 radical (unpaired) electrons. The zero-order chi connectivity index (χ0) is 11.6. The van der Waals surface area contributed by atoms with Crippen molar-refractivity contribution in [1.29, 1.82) is 0 Å². The Kier molecular flexibility index (Phi) is 6.97. The van der Waals surface area contributed by atoms with Crippen molar-refractivity contribution in [3.8, 4) is 0 Å². The van der Waals surface area contributed by atoms with E-state index in [-0.39, 0.29) is 6.03 Å². The molecule has 0 bridgehead atoms. The van der Waals surface area contributed by atoms with Gasteiger partial charge in [0, 0.05) is 19.6 Å². The van der Waals surface area contributed by atoms with Crippen LogP contribution in [0.15, 0.2) is 0 Å². The van der Waals surface area contributed by atoms with E-state index in [2.05, 4.69) is 5.32 Å². The number of hydrogen-bond acceptors (Lipinski definition) is 2. The summed E-state index contributed by atoms with van der Waals surface area (Å²) < 4.78 is 0. The molecule has 0 aromatic heterocycles. The minimum absolute atomic E-state index is 0.120. The zero-order valence-electron chi connectivity index (χ0n) is 10.2. The normalized spacial score (nSPS) is 16.9. The molecule has 2 amide bonds. The molecule has 0 saturated carbocycles. The minimum atomic E-state index is 0.120. The van der Waals surface area contributed by atoms with Crippen molar-refractivity contribution >= 4 is 6.03 Å². The molecule has 16 heavy (non-hydrogen) atoms. The first-order chi connectivity index (χ1) is 7.84. The molecule has 0 atom stereocenters. The van der Waals surface area contributed by atoms with Crippen LogP contribution in [0.5, 0.6) is 0 Å². The monoisotopic (exact) mass is 227 g/mol. The molecule has 4 heteroatoms. The molecule has 1 fully saturated rings. The Balaban J connectivity index is 2.08. The fourth-order valence-electron chi connectivity index (χ4n) is 2.03. The minimum Gasteiger partial charge on any atom is -0.338 e. The van der Waals surface area contributed by atoms with Crippen LogP contribution >= 0.6 is 0 Å². The number of hydrogen-bond donors (Lipinski definition) is 2. The van der Waals surface area contributed by atoms with Crippen LogP contribution in [0.4, 0.5) is 4.79 Å². The van der Waals surface area contributed by atoms with Gasteiger partial charge in [0.1, 0.15) is 0 Å². The molecule has 94 valence electrons. The lowest BCUT2D eigenvalue weighted by Crippen LogP contribution is -2.40. The van der Waals surface area contributed by atoms with Crippen LogP contribution in [0.2, 0.25) is 0 Å². The Bertz CT molecular complexity index is 189. The lowest BCUT2D eigenvalue weighted by Gasteiger charge is -2.20. The topological polar surface area (TPSA) is 58.4 Å². The molecule has 1 rings (SSSR count). The highest BCUT2D eigenvalue weighted by Crippen LogP contribution is 2.09. The van der Waals surface area contributed by atoms with Crippen molar-refractivity contribution in [1.82, 2.24) is 10.2 Å². The molecule has 1 aliphatic heterocycles. The molecule has 1 aliphatic rings. The summed E-state index contributed by atoms with van der Waals surface area (Å²) in [5.74, 6) is 0. The van der Waals surface area contributed by atoms with Gasteiger partial charge < -0.3 is 16.0 Å². The molecule has 3 N–H and O–H groups in total. The van der Waals surface area contributed by atoms with Gasteiger partial charge in [-0.1, -0.05) is 19.3 Å². The molecule has 0 aliphatic carbocycles. The summed E-state index contributed by atoms with van der Waals surface area (Å²) >= 11 is 0. The third kappa shape index (κ3) is 5.35. The molecule has 1 saturated heterocycles. The summed E-state index contributed by atoms with van der Waals surface area (Å²) in [6.45, 7) is 3.39. The van der Waals surface area contributed by atoms with Crippen molar-refractivity contribution < 1.29 is 4.79 Å². The van der Waals surface area contributed by atoms with Gasteiger partial charge in [-0.15, -0.1) is 0 Å². The first-order valence-corrected chi connectivity index (χ1v) is 6.57. The van der Waals surface area contributed by atoms with Gasteiger partial charge in [-0.3, -0.25) is 0 Å². The highest BCUT2D eigenvalue weighted by Gasteiger charge is 2.14. The molecule has 0 unspecified atom stereocenters. The molecule has 0 aromatic rings. The van der Waals surface area contributed by atoms with Gasteiger partial charge in [-0.05, 0) is 32.2 Å². The maximum absolute atomic E-state index is 11.8. The van der Waals surface area contributed by atoms with Crippen molar-refractivity contribution in [2.24, 2.45) is 5.73 Å². The van der Waals surface area contributed by atoms with Crippen molar-refractivity contribution in [2.75, 3.05) is 26.2 Å². The Morgan fingerprint density at radius 2 is 1.75 bits per heavy atom. The second kappa shape index (κ2) is 8.39. The average molecular weight is 227 g/mol. The second-order valence-electron chi connectivity index (χ2n) is 4.48. The van der Waals surface area contributed by atoms with E-state index in [0.717, 1.165) is 58.3 Å². The maximum Gasteiger partial charge on any atom is 0.317 e. The van der Waals surface area contributed by atoms with E-state index in [1.165, 1.54) is 12.8 Å². The lowest BCUT2D eigenvalue weighted by atomic mass is 10.2. The van der Waals surface area contributed by atoms with E-state index in [0.29, 0.717) is 0 Å². The Morgan fingerprint density at radius 3 is 2.38 bits per heavy atom. The lowest BCUT2D eigenvalue weighted by molar-refractivity contribution is 0.199. The Morgan fingerprint density at radius 1 is 1.06 bits per heavy atom. The number of urea groups is 1. The van der Waals surface area contributed by atoms with Gasteiger partial charge in [0.15, 0.2) is 0 Å². The maximum atomic E-state index is 11.8. The Hall–Kier alpha value is -0.770. The van der Waals surface area contributed by atoms with Crippen LogP contribution in [-0.4, -0.2) is 37.1 Å². The van der Waals surface area contributed by atoms with E-state index in [4.69, 9.17) is 5.73 Å². The quantitative estimate of drug-likeness (QED) is 0.702. The summed E-state index contributed by atoms with van der Waals surface area (Å²) in [7, 11) is 0. The number of amides is 2. The van der Waals surface area contributed by atoms with Gasteiger partial charge in [0.25, 0.3) is 0 Å². The fraction of sp³-hybridized carbons (Fsp3) is 0.917. The number of nitrogens with one attached hydrogen (secondary N) is 1. The van der Waals surface area contributed by atoms with Crippen LogP contribution in [-0.2, 0) is 0 Å². The smallest absolute Gasteiger partial charge is 0.317 e. The summed E-state index contributed by atoms with van der Waals surface area (Å²) in [6, 6.07) is 0.120. The van der Waals surface area contributed by atoms with E-state index in [1.54, 1.807) is 0 Å². The number of nitrogens with two attached hydrogens (primary N) is 1. The summed E-state index contributed by atoms with van der Waals surface area (Å²) in [4.78, 5) is 13.7. The molecular formula is C12H25N3O. The van der Waals surface area contributed by atoms with Crippen molar-refractivity contribution in [2.45, 2.75) is 44.9 Å². The third-order valence-corrected chi connectivity index (χ3v) is 3.05. The number of unbranched alkanes of at least 4 members (excludes halogenated alkanes) is 2. The number of rotatable bonds is 5. The fourth-order valence-corrected chi connectivity index (χ4v) is 2.03. The van der Waals surface area contributed by atoms with Gasteiger partial charge in [-0.2, -0.15) is 0 Å². The first-order valence-electron chi connectivity index (χ1n) is 6.57. The van der Waals surface area contributed by atoms with Crippen LogP contribution in [0, 0.1) is 0 Å². The van der Waals surface area contributed by atoms with Gasteiger partial charge in [0.05, 0.1) is 0 Å². The molecular weight excluding hydrogens is 202 g/mol. The first kappa shape index (κ1) is 13.3. The summed E-state index contributed by atoms with van der Waals surface area (Å²) in [5, 5.41) is 2.99. The molecule has 4 nitrogen and oxygen atoms in total. The standard InChI is InChI=1S/C12H25N3O/c13-8-4-3-5-9-14-12(16)15-10-6-1-2-7-11-15/h1-11,13H2,(H,14,16). The van der Waals surface area contributed by atoms with Gasteiger partial charge in [-0.25, -0.2) is 4.79 Å². The highest BCUT2D eigenvalue weighted by atomic mass is 16.2. The zero-order valence-corrected chi connectivity index (χ0v) is 10.2. The third-order valence-electron chi connectivity index (χ3n) is 3.05. The highest BCUT2D eigenvalue weighted by molar-refractivity contribution is 5.74. The van der Waals surface area contributed by atoms with Crippen molar-refractivity contribution in [3.05, 3.63) is 0 Å². The van der Waals surface area contributed by atoms with E-state index < -0.39 is 0 Å². The molecule has 1 heterocycles. The van der Waals surface area contributed by atoms with E-state index >= 15 is 0 Å². The van der Waals surface area contributed by atoms with Crippen LogP contribution in [0.1, 0.15) is 44.9 Å². The van der Waals surface area contributed by atoms with Gasteiger partial charge in [0.2, 0.25) is 0 Å². The largest absolute Gasteiger partial charge is 0.338 e. The predicted octanol–water partition coefficient (Wildman–Crippen LogP) is 1.70. The molecule has 0 spiro atoms. The number of carbonyl (C=O) groups is 1. The number of likely N-dealkylation sites (tertiary alicyclic amines) is 1.